The van der Waals surface area contributed by atoms with Gasteiger partial charge in [0.05, 0.1) is 20.3 Å². The number of ether oxygens (including phenoxy) is 2. The number of amides is 2. The molecule has 0 saturated heterocycles. The number of carbonyl (C=O) groups is 1. The van der Waals surface area contributed by atoms with Crippen LogP contribution in [0.1, 0.15) is 19.4 Å². The largest absolute Gasteiger partial charge is 0.497 e. The Kier molecular flexibility index (Phi) is 9.02. The Morgan fingerprint density at radius 3 is 2.40 bits per heavy atom. The number of urea groups is 1. The lowest BCUT2D eigenvalue weighted by Crippen LogP contribution is -2.50. The van der Waals surface area contributed by atoms with Crippen LogP contribution < -0.4 is 14.8 Å². The maximum absolute atomic E-state index is 13.8. The molecule has 3 atom stereocenters. The van der Waals surface area contributed by atoms with Crippen LogP contribution in [0.15, 0.2) is 71.6 Å². The van der Waals surface area contributed by atoms with Gasteiger partial charge in [-0.3, -0.25) is 0 Å². The van der Waals surface area contributed by atoms with E-state index in [-0.39, 0.29) is 42.3 Å². The van der Waals surface area contributed by atoms with Crippen LogP contribution in [0.2, 0.25) is 0 Å². The van der Waals surface area contributed by atoms with E-state index in [4.69, 9.17) is 9.47 Å². The number of methoxy groups -OCH3 is 1. The second kappa shape index (κ2) is 12.3. The second-order valence-corrected chi connectivity index (χ2v) is 12.2. The van der Waals surface area contributed by atoms with Gasteiger partial charge in [-0.25, -0.2) is 13.2 Å². The zero-order chi connectivity index (χ0) is 29.0. The van der Waals surface area contributed by atoms with Gasteiger partial charge >= 0.3 is 6.03 Å². The van der Waals surface area contributed by atoms with Crippen molar-refractivity contribution >= 4 is 21.7 Å². The number of sulfonamides is 1. The summed E-state index contributed by atoms with van der Waals surface area (Å²) in [6.07, 6.45) is -0.525. The third-order valence-corrected chi connectivity index (χ3v) is 9.21. The van der Waals surface area contributed by atoms with Crippen molar-refractivity contribution in [3.05, 3.63) is 72.3 Å². The van der Waals surface area contributed by atoms with E-state index in [0.717, 1.165) is 16.7 Å². The van der Waals surface area contributed by atoms with E-state index < -0.39 is 22.2 Å². The Labute approximate surface area is 236 Å². The Hall–Kier alpha value is -3.60. The van der Waals surface area contributed by atoms with E-state index in [1.54, 1.807) is 63.5 Å². The summed E-state index contributed by atoms with van der Waals surface area (Å²) in [5.74, 6) is 0.605. The summed E-state index contributed by atoms with van der Waals surface area (Å²) in [4.78, 5) is 14.6. The molecule has 0 bridgehead atoms. The predicted molar refractivity (Wildman–Crippen MR) is 155 cm³/mol. The first kappa shape index (κ1) is 29.4. The van der Waals surface area contributed by atoms with E-state index in [9.17, 15) is 18.3 Å². The van der Waals surface area contributed by atoms with E-state index in [2.05, 4.69) is 5.32 Å². The number of hydrogen-bond acceptors (Lipinski definition) is 6. The maximum atomic E-state index is 13.8. The molecule has 3 aromatic carbocycles. The molecule has 1 aliphatic heterocycles. The number of anilines is 1. The van der Waals surface area contributed by atoms with Crippen molar-refractivity contribution in [1.29, 1.82) is 0 Å². The van der Waals surface area contributed by atoms with Gasteiger partial charge in [0.25, 0.3) is 0 Å². The average Bonchev–Trinajstić information content (AvgIpc) is 2.95. The normalized spacial score (nSPS) is 19.4. The lowest BCUT2D eigenvalue weighted by molar-refractivity contribution is 0.0830. The van der Waals surface area contributed by atoms with Gasteiger partial charge in [0.2, 0.25) is 10.0 Å². The summed E-state index contributed by atoms with van der Waals surface area (Å²) < 4.78 is 40.4. The molecule has 214 valence electrons. The van der Waals surface area contributed by atoms with Crippen molar-refractivity contribution in [1.82, 2.24) is 9.21 Å². The van der Waals surface area contributed by atoms with Crippen molar-refractivity contribution < 1.29 is 27.8 Å². The first-order valence-electron chi connectivity index (χ1n) is 13.2. The van der Waals surface area contributed by atoms with Crippen LogP contribution in [0.5, 0.6) is 11.5 Å². The average molecular weight is 568 g/mol. The number of fused-ring (bicyclic) bond motifs is 1. The number of aliphatic hydroxyl groups excluding tert-OH is 1. The Morgan fingerprint density at radius 2 is 1.77 bits per heavy atom. The Morgan fingerprint density at radius 1 is 1.12 bits per heavy atom. The zero-order valence-electron chi connectivity index (χ0n) is 23.5. The van der Waals surface area contributed by atoms with E-state index in [1.807, 2.05) is 38.1 Å². The second-order valence-electron chi connectivity index (χ2n) is 10.3. The van der Waals surface area contributed by atoms with Crippen molar-refractivity contribution in [2.45, 2.75) is 37.8 Å². The molecule has 9 nitrogen and oxygen atoms in total. The van der Waals surface area contributed by atoms with E-state index in [1.165, 1.54) is 9.21 Å². The quantitative estimate of drug-likeness (QED) is 0.432. The molecule has 0 fully saturated rings. The number of rotatable bonds is 7. The minimum atomic E-state index is -3.96. The summed E-state index contributed by atoms with van der Waals surface area (Å²) in [6.45, 7) is 5.58. The topological polar surface area (TPSA) is 108 Å². The van der Waals surface area contributed by atoms with Crippen LogP contribution in [0.4, 0.5) is 10.5 Å². The first-order chi connectivity index (χ1) is 19.0. The third-order valence-electron chi connectivity index (χ3n) is 7.19. The molecule has 0 radical (unpaired) electrons. The standard InChI is InChI=1S/C30H37N3O6S/c1-20-6-8-23(9-7-20)24-10-15-29-27(16-24)39-28(21(2)17-33(22(3)19-34)40(29,36)37)18-32(4)30(35)31-25-11-13-26(38-5)14-12-25/h6-16,21-22,28,34H,17-19H2,1-5H3,(H,31,35)/t21-,22+,28+/m0/s1. The number of hydrogen-bond donors (Lipinski definition) is 2. The first-order valence-corrected chi connectivity index (χ1v) is 14.6. The summed E-state index contributed by atoms with van der Waals surface area (Å²) in [6, 6.07) is 19.1. The van der Waals surface area contributed by atoms with Crippen molar-refractivity contribution in [3.8, 4) is 22.6 Å². The van der Waals surface area contributed by atoms with Gasteiger partial charge in [-0.05, 0) is 61.4 Å². The van der Waals surface area contributed by atoms with Crippen LogP contribution >= 0.6 is 0 Å². The highest BCUT2D eigenvalue weighted by atomic mass is 32.2. The zero-order valence-corrected chi connectivity index (χ0v) is 24.3. The molecular weight excluding hydrogens is 530 g/mol. The van der Waals surface area contributed by atoms with Gasteiger partial charge in [0, 0.05) is 31.2 Å². The molecule has 3 aromatic rings. The summed E-state index contributed by atoms with van der Waals surface area (Å²) >= 11 is 0. The van der Waals surface area contributed by atoms with Gasteiger partial charge in [0.1, 0.15) is 22.5 Å². The van der Waals surface area contributed by atoms with Crippen molar-refractivity contribution in [2.24, 2.45) is 5.92 Å². The molecule has 0 saturated carbocycles. The molecule has 40 heavy (non-hydrogen) atoms. The fourth-order valence-corrected chi connectivity index (χ4v) is 6.44. The highest BCUT2D eigenvalue weighted by molar-refractivity contribution is 7.89. The SMILES string of the molecule is COc1ccc(NC(=O)N(C)C[C@H]2Oc3cc(-c4ccc(C)cc4)ccc3S(=O)(=O)N([C@H](C)CO)C[C@@H]2C)cc1. The maximum Gasteiger partial charge on any atom is 0.321 e. The van der Waals surface area contributed by atoms with Gasteiger partial charge in [-0.15, -0.1) is 0 Å². The number of likely N-dealkylation sites (N-methyl/N-ethyl adjacent to an activating group) is 1. The predicted octanol–water partition coefficient (Wildman–Crippen LogP) is 4.60. The van der Waals surface area contributed by atoms with Crippen LogP contribution in [0.3, 0.4) is 0 Å². The monoisotopic (exact) mass is 567 g/mol. The van der Waals surface area contributed by atoms with Crippen LogP contribution in [0.25, 0.3) is 11.1 Å². The van der Waals surface area contributed by atoms with Crippen LogP contribution in [0, 0.1) is 12.8 Å². The number of aryl methyl sites for hydroxylation is 1. The highest BCUT2D eigenvalue weighted by Crippen LogP contribution is 2.36. The number of aliphatic hydroxyl groups is 1. The molecule has 0 aliphatic carbocycles. The summed E-state index contributed by atoms with van der Waals surface area (Å²) in [5.41, 5.74) is 3.48. The van der Waals surface area contributed by atoms with Gasteiger partial charge < -0.3 is 24.8 Å². The van der Waals surface area contributed by atoms with E-state index >= 15 is 0 Å². The molecule has 4 rings (SSSR count). The Bertz CT molecular complexity index is 1430. The number of nitrogens with one attached hydrogen (secondary N) is 1. The lowest BCUT2D eigenvalue weighted by Gasteiger charge is -2.37. The highest BCUT2D eigenvalue weighted by Gasteiger charge is 2.38. The number of carbonyl (C=O) groups excluding carboxylic acids is 1. The van der Waals surface area contributed by atoms with Crippen molar-refractivity contribution in [2.75, 3.05) is 39.2 Å². The number of benzene rings is 3. The molecule has 10 heteroatoms. The number of nitrogens with zero attached hydrogens (tertiary/aromatic N) is 2. The lowest BCUT2D eigenvalue weighted by atomic mass is 10.0. The van der Waals surface area contributed by atoms with E-state index in [0.29, 0.717) is 11.4 Å². The third kappa shape index (κ3) is 6.41. The molecule has 0 aromatic heterocycles. The molecule has 0 spiro atoms. The Balaban J connectivity index is 1.66. The fraction of sp³-hybridized carbons (Fsp3) is 0.367. The van der Waals surface area contributed by atoms with Crippen LogP contribution in [-0.4, -0.2) is 74.8 Å². The molecular formula is C30H37N3O6S. The molecule has 2 N–H and O–H groups in total. The van der Waals surface area contributed by atoms with Crippen molar-refractivity contribution in [3.63, 3.8) is 0 Å². The van der Waals surface area contributed by atoms with Crippen LogP contribution in [-0.2, 0) is 10.0 Å². The fourth-order valence-electron chi connectivity index (χ4n) is 4.62. The smallest absolute Gasteiger partial charge is 0.321 e. The molecule has 1 heterocycles. The molecule has 2 amide bonds. The minimum Gasteiger partial charge on any atom is -0.497 e. The van der Waals surface area contributed by atoms with Gasteiger partial charge in [-0.1, -0.05) is 42.8 Å². The molecule has 0 unspecified atom stereocenters. The summed E-state index contributed by atoms with van der Waals surface area (Å²) in [7, 11) is -0.717. The van der Waals surface area contributed by atoms with Gasteiger partial charge in [-0.2, -0.15) is 4.31 Å². The van der Waals surface area contributed by atoms with Gasteiger partial charge in [0.15, 0.2) is 0 Å². The summed E-state index contributed by atoms with van der Waals surface area (Å²) in [5, 5.41) is 12.7. The molecule has 1 aliphatic rings. The minimum absolute atomic E-state index is 0.0332.